The number of carbonyl (C=O) groups excluding carboxylic acids is 1. The van der Waals surface area contributed by atoms with Gasteiger partial charge in [0.25, 0.3) is 12.3 Å². The molecule has 1 amide bonds. The van der Waals surface area contributed by atoms with E-state index >= 15 is 0 Å². The molecule has 0 spiro atoms. The molecule has 1 aromatic carbocycles. The molecule has 0 saturated carbocycles. The van der Waals surface area contributed by atoms with Crippen molar-refractivity contribution in [3.63, 3.8) is 0 Å². The van der Waals surface area contributed by atoms with Gasteiger partial charge in [-0.25, -0.2) is 8.78 Å². The average molecular weight is 323 g/mol. The number of rotatable bonds is 6. The number of hydrogen-bond donors (Lipinski definition) is 2. The maximum atomic E-state index is 11.7. The van der Waals surface area contributed by atoms with Crippen molar-refractivity contribution in [2.24, 2.45) is 0 Å². The summed E-state index contributed by atoms with van der Waals surface area (Å²) in [5.41, 5.74) is 6.35. The van der Waals surface area contributed by atoms with Crippen molar-refractivity contribution in [1.29, 1.82) is 0 Å². The predicted molar refractivity (Wildman–Crippen MR) is 67.7 cm³/mol. The van der Waals surface area contributed by atoms with Gasteiger partial charge in [-0.15, -0.1) is 0 Å². The van der Waals surface area contributed by atoms with Crippen LogP contribution in [-0.4, -0.2) is 32.1 Å². The van der Waals surface area contributed by atoms with Crippen molar-refractivity contribution < 1.29 is 18.3 Å². The number of nitrogen functional groups attached to an aromatic ring is 1. The molecule has 0 aliphatic heterocycles. The van der Waals surface area contributed by atoms with E-state index in [-0.39, 0.29) is 19.1 Å². The van der Waals surface area contributed by atoms with Gasteiger partial charge in [-0.3, -0.25) is 4.79 Å². The lowest BCUT2D eigenvalue weighted by Crippen LogP contribution is -2.28. The van der Waals surface area contributed by atoms with Crippen molar-refractivity contribution in [1.82, 2.24) is 5.32 Å². The molecular formula is C11H13BrF2N2O2. The van der Waals surface area contributed by atoms with Crippen LogP contribution in [0.4, 0.5) is 14.5 Å². The molecule has 0 aromatic heterocycles. The third kappa shape index (κ3) is 4.97. The summed E-state index contributed by atoms with van der Waals surface area (Å²) in [6.45, 7) is -0.441. The number of amides is 1. The van der Waals surface area contributed by atoms with Crippen molar-refractivity contribution >= 4 is 27.5 Å². The van der Waals surface area contributed by atoms with Crippen LogP contribution < -0.4 is 11.1 Å². The zero-order valence-electron chi connectivity index (χ0n) is 9.46. The van der Waals surface area contributed by atoms with Crippen LogP contribution in [0.15, 0.2) is 22.7 Å². The summed E-state index contributed by atoms with van der Waals surface area (Å²) in [4.78, 5) is 11.7. The number of hydrogen-bond acceptors (Lipinski definition) is 3. The Hall–Kier alpha value is -1.21. The zero-order chi connectivity index (χ0) is 13.5. The van der Waals surface area contributed by atoms with E-state index in [0.29, 0.717) is 11.3 Å². The van der Waals surface area contributed by atoms with Gasteiger partial charge in [-0.2, -0.15) is 0 Å². The molecule has 0 aliphatic rings. The van der Waals surface area contributed by atoms with E-state index in [1.165, 1.54) is 0 Å². The van der Waals surface area contributed by atoms with Crippen LogP contribution in [0.5, 0.6) is 0 Å². The summed E-state index contributed by atoms with van der Waals surface area (Å²) in [6.07, 6.45) is -2.50. The Kier molecular flexibility index (Phi) is 6.00. The zero-order valence-corrected chi connectivity index (χ0v) is 11.0. The molecule has 0 radical (unpaired) electrons. The fraction of sp³-hybridized carbons (Fsp3) is 0.364. The first kappa shape index (κ1) is 14.8. The molecule has 4 nitrogen and oxygen atoms in total. The Balaban J connectivity index is 2.36. The first-order valence-corrected chi connectivity index (χ1v) is 5.99. The van der Waals surface area contributed by atoms with Crippen LogP contribution in [0.2, 0.25) is 0 Å². The van der Waals surface area contributed by atoms with Crippen LogP contribution in [0, 0.1) is 0 Å². The summed E-state index contributed by atoms with van der Waals surface area (Å²) >= 11 is 3.23. The molecule has 0 atom stereocenters. The normalized spacial score (nSPS) is 10.7. The van der Waals surface area contributed by atoms with Gasteiger partial charge in [0.1, 0.15) is 6.61 Å². The van der Waals surface area contributed by atoms with Crippen molar-refractivity contribution in [3.05, 3.63) is 28.2 Å². The van der Waals surface area contributed by atoms with Gasteiger partial charge < -0.3 is 15.8 Å². The lowest BCUT2D eigenvalue weighted by atomic mass is 10.1. The molecule has 100 valence electrons. The molecule has 0 fully saturated rings. The Morgan fingerprint density at radius 1 is 1.50 bits per heavy atom. The number of carbonyl (C=O) groups is 1. The fourth-order valence-corrected chi connectivity index (χ4v) is 1.62. The van der Waals surface area contributed by atoms with Gasteiger partial charge in [0.2, 0.25) is 0 Å². The standard InChI is InChI=1S/C11H13BrF2N2O2/c12-7-1-2-8(9(15)5-7)11(17)16-3-4-18-6-10(13)14/h1-2,5,10H,3-4,6,15H2,(H,16,17). The van der Waals surface area contributed by atoms with Crippen molar-refractivity contribution in [2.45, 2.75) is 6.43 Å². The number of ether oxygens (including phenoxy) is 1. The highest BCUT2D eigenvalue weighted by Crippen LogP contribution is 2.18. The molecule has 0 unspecified atom stereocenters. The fourth-order valence-electron chi connectivity index (χ4n) is 1.24. The number of anilines is 1. The summed E-state index contributed by atoms with van der Waals surface area (Å²) in [5, 5.41) is 2.53. The van der Waals surface area contributed by atoms with Gasteiger partial charge in [-0.1, -0.05) is 15.9 Å². The van der Waals surface area contributed by atoms with E-state index in [0.717, 1.165) is 4.47 Å². The molecule has 0 heterocycles. The first-order chi connectivity index (χ1) is 8.50. The second kappa shape index (κ2) is 7.27. The first-order valence-electron chi connectivity index (χ1n) is 5.20. The van der Waals surface area contributed by atoms with E-state index in [1.54, 1.807) is 18.2 Å². The maximum Gasteiger partial charge on any atom is 0.261 e. The van der Waals surface area contributed by atoms with Crippen LogP contribution >= 0.6 is 15.9 Å². The minimum Gasteiger partial charge on any atom is -0.398 e. The van der Waals surface area contributed by atoms with Gasteiger partial charge in [0.15, 0.2) is 0 Å². The number of nitrogens with two attached hydrogens (primary N) is 1. The van der Waals surface area contributed by atoms with Gasteiger partial charge in [0, 0.05) is 16.7 Å². The smallest absolute Gasteiger partial charge is 0.261 e. The third-order valence-electron chi connectivity index (χ3n) is 2.03. The SMILES string of the molecule is Nc1cc(Br)ccc1C(=O)NCCOCC(F)F. The number of benzene rings is 1. The Bertz CT molecular complexity index is 416. The minimum absolute atomic E-state index is 0.0342. The summed E-state index contributed by atoms with van der Waals surface area (Å²) in [6, 6.07) is 4.88. The second-order valence-electron chi connectivity index (χ2n) is 3.45. The molecule has 0 bridgehead atoms. The van der Waals surface area contributed by atoms with Crippen LogP contribution in [-0.2, 0) is 4.74 Å². The summed E-state index contributed by atoms with van der Waals surface area (Å²) in [7, 11) is 0. The van der Waals surface area contributed by atoms with E-state index in [1.807, 2.05) is 0 Å². The second-order valence-corrected chi connectivity index (χ2v) is 4.37. The summed E-state index contributed by atoms with van der Waals surface area (Å²) in [5.74, 6) is -0.361. The Morgan fingerprint density at radius 3 is 2.83 bits per heavy atom. The number of halogens is 3. The van der Waals surface area contributed by atoms with E-state index in [2.05, 4.69) is 26.0 Å². The van der Waals surface area contributed by atoms with Crippen LogP contribution in [0.3, 0.4) is 0 Å². The monoisotopic (exact) mass is 322 g/mol. The lowest BCUT2D eigenvalue weighted by molar-refractivity contribution is 0.0188. The molecule has 3 N–H and O–H groups in total. The van der Waals surface area contributed by atoms with E-state index in [9.17, 15) is 13.6 Å². The van der Waals surface area contributed by atoms with Crippen molar-refractivity contribution in [3.8, 4) is 0 Å². The van der Waals surface area contributed by atoms with E-state index in [4.69, 9.17) is 5.73 Å². The molecule has 7 heteroatoms. The highest BCUT2D eigenvalue weighted by atomic mass is 79.9. The highest BCUT2D eigenvalue weighted by molar-refractivity contribution is 9.10. The maximum absolute atomic E-state index is 11.7. The Labute approximate surface area is 112 Å². The molecule has 0 saturated heterocycles. The van der Waals surface area contributed by atoms with Crippen LogP contribution in [0.25, 0.3) is 0 Å². The number of nitrogens with one attached hydrogen (secondary N) is 1. The minimum atomic E-state index is -2.50. The molecule has 18 heavy (non-hydrogen) atoms. The van der Waals surface area contributed by atoms with Crippen LogP contribution in [0.1, 0.15) is 10.4 Å². The molecule has 1 rings (SSSR count). The summed E-state index contributed by atoms with van der Waals surface area (Å²) < 4.78 is 28.9. The van der Waals surface area contributed by atoms with Gasteiger partial charge >= 0.3 is 0 Å². The van der Waals surface area contributed by atoms with Crippen molar-refractivity contribution in [2.75, 3.05) is 25.5 Å². The largest absolute Gasteiger partial charge is 0.398 e. The third-order valence-corrected chi connectivity index (χ3v) is 2.53. The lowest BCUT2D eigenvalue weighted by Gasteiger charge is -2.08. The predicted octanol–water partition coefficient (Wildman–Crippen LogP) is 2.04. The average Bonchev–Trinajstić information content (AvgIpc) is 2.27. The molecule has 1 aromatic rings. The van der Waals surface area contributed by atoms with Gasteiger partial charge in [0.05, 0.1) is 12.2 Å². The highest BCUT2D eigenvalue weighted by Gasteiger charge is 2.09. The quantitative estimate of drug-likeness (QED) is 0.622. The van der Waals surface area contributed by atoms with E-state index < -0.39 is 13.0 Å². The topological polar surface area (TPSA) is 64.4 Å². The molecular weight excluding hydrogens is 310 g/mol. The van der Waals surface area contributed by atoms with Gasteiger partial charge in [-0.05, 0) is 18.2 Å². The Morgan fingerprint density at radius 2 is 2.22 bits per heavy atom. The molecule has 0 aliphatic carbocycles. The number of alkyl halides is 2.